The van der Waals surface area contributed by atoms with Gasteiger partial charge in [-0.2, -0.15) is 4.98 Å². The van der Waals surface area contributed by atoms with Crippen molar-refractivity contribution in [3.63, 3.8) is 0 Å². The van der Waals surface area contributed by atoms with Gasteiger partial charge in [-0.1, -0.05) is 30.3 Å². The number of amides is 1. The van der Waals surface area contributed by atoms with Gasteiger partial charge in [0, 0.05) is 52.4 Å². The Balaban J connectivity index is 1.60. The summed E-state index contributed by atoms with van der Waals surface area (Å²) in [5.41, 5.74) is 2.59. The van der Waals surface area contributed by atoms with Gasteiger partial charge in [0.15, 0.2) is 5.82 Å². The number of halogens is 1. The number of piperazine rings is 1. The molecule has 13 nitrogen and oxygen atoms in total. The van der Waals surface area contributed by atoms with Crippen molar-refractivity contribution in [2.75, 3.05) is 92.3 Å². The van der Waals surface area contributed by atoms with Crippen LogP contribution in [0.25, 0.3) is 0 Å². The van der Waals surface area contributed by atoms with E-state index in [4.69, 9.17) is 16.3 Å². The first kappa shape index (κ1) is 32.8. The number of para-hydroxylation sites is 2. The minimum Gasteiger partial charge on any atom is -0.494 e. The van der Waals surface area contributed by atoms with Gasteiger partial charge in [-0.25, -0.2) is 13.4 Å². The molecule has 0 unspecified atom stereocenters. The van der Waals surface area contributed by atoms with E-state index in [1.807, 2.05) is 13.1 Å². The molecule has 1 aliphatic heterocycles. The van der Waals surface area contributed by atoms with Crippen molar-refractivity contribution in [3.05, 3.63) is 60.3 Å². The van der Waals surface area contributed by atoms with Crippen LogP contribution in [0, 0.1) is 0 Å². The standard InChI is InChI=1S/C29H38ClN9O4S/c1-6-27(40)32-23-17-24(26(43-4)18-25(23)38(3)13-16-39-14-11-37(2)12-15-39)34-29-31-19-20(30)28(35-29)33-21-9-7-8-10-22(21)36-44(5,41)42/h6-10,17-19,36H,1,11-16H2,2-5H3,(H,32,40)(H2,31,33,34,35). The van der Waals surface area contributed by atoms with Crippen molar-refractivity contribution in [3.8, 4) is 5.75 Å². The van der Waals surface area contributed by atoms with E-state index in [-0.39, 0.29) is 22.7 Å². The fourth-order valence-electron chi connectivity index (χ4n) is 4.56. The first-order valence-corrected chi connectivity index (χ1v) is 16.1. The maximum absolute atomic E-state index is 12.4. The minimum absolute atomic E-state index is 0.181. The van der Waals surface area contributed by atoms with Gasteiger partial charge in [0.05, 0.1) is 48.0 Å². The molecule has 0 saturated carbocycles. The van der Waals surface area contributed by atoms with E-state index in [2.05, 4.69) is 59.0 Å². The number of hydrogen-bond donors (Lipinski definition) is 4. The molecule has 2 heterocycles. The first-order valence-electron chi connectivity index (χ1n) is 13.9. The molecule has 0 spiro atoms. The van der Waals surface area contributed by atoms with Crippen LogP contribution in [0.3, 0.4) is 0 Å². The van der Waals surface area contributed by atoms with Crippen LogP contribution in [0.2, 0.25) is 5.02 Å². The SMILES string of the molecule is C=CC(=O)Nc1cc(Nc2ncc(Cl)c(Nc3ccccc3NS(C)(=O)=O)n2)c(OC)cc1N(C)CCN1CCN(C)CC1. The summed E-state index contributed by atoms with van der Waals surface area (Å²) in [5, 5.41) is 9.33. The van der Waals surface area contributed by atoms with Gasteiger partial charge in [-0.15, -0.1) is 0 Å². The van der Waals surface area contributed by atoms with Gasteiger partial charge in [-0.05, 0) is 31.3 Å². The highest BCUT2D eigenvalue weighted by Gasteiger charge is 2.19. The summed E-state index contributed by atoms with van der Waals surface area (Å²) in [6.07, 6.45) is 3.69. The second-order valence-corrected chi connectivity index (χ2v) is 12.5. The summed E-state index contributed by atoms with van der Waals surface area (Å²) < 4.78 is 31.9. The van der Waals surface area contributed by atoms with Gasteiger partial charge >= 0.3 is 0 Å². The van der Waals surface area contributed by atoms with E-state index in [9.17, 15) is 13.2 Å². The average molecular weight is 644 g/mol. The van der Waals surface area contributed by atoms with Crippen molar-refractivity contribution in [1.82, 2.24) is 19.8 Å². The van der Waals surface area contributed by atoms with Crippen LogP contribution in [0.5, 0.6) is 5.75 Å². The number of likely N-dealkylation sites (N-methyl/N-ethyl adjacent to an activating group) is 2. The molecule has 236 valence electrons. The number of ether oxygens (including phenoxy) is 1. The number of carbonyl (C=O) groups is 1. The fraction of sp³-hybridized carbons (Fsp3) is 0.345. The predicted molar refractivity (Wildman–Crippen MR) is 178 cm³/mol. The molecule has 0 aliphatic carbocycles. The zero-order valence-corrected chi connectivity index (χ0v) is 26.8. The lowest BCUT2D eigenvalue weighted by atomic mass is 10.2. The minimum atomic E-state index is -3.52. The van der Waals surface area contributed by atoms with Crippen LogP contribution in [0.1, 0.15) is 0 Å². The molecule has 0 radical (unpaired) electrons. The molecule has 3 aromatic rings. The molecule has 1 amide bonds. The quantitative estimate of drug-likeness (QED) is 0.202. The van der Waals surface area contributed by atoms with Gasteiger partial charge in [-0.3, -0.25) is 14.4 Å². The molecular formula is C29H38ClN9O4S. The van der Waals surface area contributed by atoms with Crippen LogP contribution in [0.4, 0.5) is 40.2 Å². The zero-order chi connectivity index (χ0) is 31.9. The smallest absolute Gasteiger partial charge is 0.247 e. The Morgan fingerprint density at radius 2 is 1.82 bits per heavy atom. The van der Waals surface area contributed by atoms with Crippen molar-refractivity contribution in [1.29, 1.82) is 0 Å². The second kappa shape index (κ2) is 14.6. The van der Waals surface area contributed by atoms with E-state index in [0.717, 1.165) is 51.2 Å². The van der Waals surface area contributed by atoms with Crippen LogP contribution >= 0.6 is 11.6 Å². The number of carbonyl (C=O) groups excluding carboxylic acids is 1. The Hall–Kier alpha value is -4.11. The Bertz CT molecular complexity index is 1600. The molecule has 1 aliphatic rings. The molecule has 1 fully saturated rings. The highest BCUT2D eigenvalue weighted by atomic mass is 35.5. The second-order valence-electron chi connectivity index (χ2n) is 10.4. The third-order valence-corrected chi connectivity index (χ3v) is 7.85. The Morgan fingerprint density at radius 1 is 1.11 bits per heavy atom. The Labute approximate surface area is 263 Å². The molecule has 2 aromatic carbocycles. The number of methoxy groups -OCH3 is 1. The fourth-order valence-corrected chi connectivity index (χ4v) is 5.28. The van der Waals surface area contributed by atoms with E-state index in [0.29, 0.717) is 28.5 Å². The number of anilines is 7. The molecule has 0 atom stereocenters. The normalized spacial score (nSPS) is 14.0. The van der Waals surface area contributed by atoms with Crippen LogP contribution < -0.4 is 30.3 Å². The Kier molecular flexibility index (Phi) is 10.9. The maximum Gasteiger partial charge on any atom is 0.247 e. The third kappa shape index (κ3) is 8.95. The van der Waals surface area contributed by atoms with Crippen molar-refractivity contribution >= 4 is 67.7 Å². The number of rotatable bonds is 13. The summed E-state index contributed by atoms with van der Waals surface area (Å²) in [5.74, 6) is 0.566. The molecular weight excluding hydrogens is 606 g/mol. The van der Waals surface area contributed by atoms with Gasteiger partial charge in [0.25, 0.3) is 0 Å². The molecule has 0 bridgehead atoms. The first-order chi connectivity index (χ1) is 21.0. The lowest BCUT2D eigenvalue weighted by molar-refractivity contribution is -0.111. The molecule has 1 saturated heterocycles. The highest BCUT2D eigenvalue weighted by molar-refractivity contribution is 7.92. The lowest BCUT2D eigenvalue weighted by Gasteiger charge is -2.34. The molecule has 1 aromatic heterocycles. The van der Waals surface area contributed by atoms with E-state index < -0.39 is 10.0 Å². The number of aromatic nitrogens is 2. The molecule has 4 rings (SSSR count). The summed E-state index contributed by atoms with van der Waals surface area (Å²) >= 11 is 6.39. The van der Waals surface area contributed by atoms with Crippen molar-refractivity contribution < 1.29 is 17.9 Å². The molecule has 15 heteroatoms. The van der Waals surface area contributed by atoms with Crippen molar-refractivity contribution in [2.45, 2.75) is 0 Å². The van der Waals surface area contributed by atoms with E-state index >= 15 is 0 Å². The number of hydrogen-bond acceptors (Lipinski definition) is 11. The van der Waals surface area contributed by atoms with E-state index in [1.165, 1.54) is 12.3 Å². The monoisotopic (exact) mass is 643 g/mol. The Morgan fingerprint density at radius 3 is 2.48 bits per heavy atom. The molecule has 44 heavy (non-hydrogen) atoms. The predicted octanol–water partition coefficient (Wildman–Crippen LogP) is 3.81. The van der Waals surface area contributed by atoms with Crippen LogP contribution in [0.15, 0.2) is 55.3 Å². The maximum atomic E-state index is 12.4. The summed E-state index contributed by atoms with van der Waals surface area (Å²) in [7, 11) is 2.13. The highest BCUT2D eigenvalue weighted by Crippen LogP contribution is 2.38. The number of sulfonamides is 1. The average Bonchev–Trinajstić information content (AvgIpc) is 2.98. The topological polar surface area (TPSA) is 144 Å². The summed E-state index contributed by atoms with van der Waals surface area (Å²) in [6, 6.07) is 10.3. The third-order valence-electron chi connectivity index (χ3n) is 6.99. The lowest BCUT2D eigenvalue weighted by Crippen LogP contribution is -2.46. The van der Waals surface area contributed by atoms with Gasteiger partial charge < -0.3 is 30.5 Å². The van der Waals surface area contributed by atoms with Gasteiger partial charge in [0.1, 0.15) is 10.8 Å². The zero-order valence-electron chi connectivity index (χ0n) is 25.2. The summed E-state index contributed by atoms with van der Waals surface area (Å²) in [4.78, 5) is 28.0. The summed E-state index contributed by atoms with van der Waals surface area (Å²) in [6.45, 7) is 9.28. The number of nitrogens with one attached hydrogen (secondary N) is 4. The largest absolute Gasteiger partial charge is 0.494 e. The van der Waals surface area contributed by atoms with Crippen LogP contribution in [-0.2, 0) is 14.8 Å². The molecule has 4 N–H and O–H groups in total. The van der Waals surface area contributed by atoms with Crippen molar-refractivity contribution in [2.24, 2.45) is 0 Å². The van der Waals surface area contributed by atoms with Gasteiger partial charge in [0.2, 0.25) is 21.9 Å². The van der Waals surface area contributed by atoms with Crippen LogP contribution in [-0.4, -0.2) is 101 Å². The van der Waals surface area contributed by atoms with E-state index in [1.54, 1.807) is 37.4 Å². The number of benzene rings is 2. The number of nitrogens with zero attached hydrogens (tertiary/aromatic N) is 5.